The predicted octanol–water partition coefficient (Wildman–Crippen LogP) is 9.25. The van der Waals surface area contributed by atoms with Gasteiger partial charge in [-0.25, -0.2) is 0 Å². The normalized spacial score (nSPS) is 12.6. The van der Waals surface area contributed by atoms with E-state index in [1.807, 2.05) is 0 Å². The molecule has 0 saturated heterocycles. The van der Waals surface area contributed by atoms with Gasteiger partial charge < -0.3 is 9.80 Å². The summed E-state index contributed by atoms with van der Waals surface area (Å²) in [6.45, 7) is 0. The lowest BCUT2D eigenvalue weighted by Gasteiger charge is -2.40. The smallest absolute Gasteiger partial charge is 0.0703 e. The summed E-state index contributed by atoms with van der Waals surface area (Å²) in [6, 6.07) is 47.9. The van der Waals surface area contributed by atoms with E-state index in [2.05, 4.69) is 143 Å². The number of fused-ring (bicyclic) bond motifs is 4. The maximum atomic E-state index is 2.38. The Hall–Kier alpha value is -4.56. The Morgan fingerprint density at radius 2 is 0.618 bits per heavy atom. The summed E-state index contributed by atoms with van der Waals surface area (Å²) in [6.07, 6.45) is 0. The van der Waals surface area contributed by atoms with E-state index in [1.54, 1.807) is 0 Å². The zero-order valence-corrected chi connectivity index (χ0v) is 18.6. The molecule has 1 heterocycles. The van der Waals surface area contributed by atoms with Gasteiger partial charge in [-0.3, -0.25) is 0 Å². The van der Waals surface area contributed by atoms with Gasteiger partial charge in [0.2, 0.25) is 0 Å². The van der Waals surface area contributed by atoms with Crippen LogP contribution in [0.25, 0.3) is 21.5 Å². The third-order valence-corrected chi connectivity index (χ3v) is 6.71. The van der Waals surface area contributed by atoms with Gasteiger partial charge in [-0.1, -0.05) is 84.9 Å². The molecule has 7 rings (SSSR count). The highest BCUT2D eigenvalue weighted by Gasteiger charge is 2.30. The second-order valence-corrected chi connectivity index (χ2v) is 8.71. The van der Waals surface area contributed by atoms with Crippen LogP contribution in [-0.2, 0) is 0 Å². The molecule has 0 saturated carbocycles. The van der Waals surface area contributed by atoms with E-state index in [9.17, 15) is 0 Å². The lowest BCUT2D eigenvalue weighted by Crippen LogP contribution is -2.23. The number of benzene rings is 6. The minimum atomic E-state index is 1.16. The van der Waals surface area contributed by atoms with Gasteiger partial charge in [-0.15, -0.1) is 0 Å². The minimum Gasteiger partial charge on any atom is -0.306 e. The van der Waals surface area contributed by atoms with Gasteiger partial charge in [0.25, 0.3) is 0 Å². The quantitative estimate of drug-likeness (QED) is 0.267. The fourth-order valence-electron chi connectivity index (χ4n) is 5.13. The number of hydrogen-bond acceptors (Lipinski definition) is 2. The molecule has 160 valence electrons. The molecule has 0 N–H and O–H groups in total. The Kier molecular flexibility index (Phi) is 4.18. The molecule has 0 fully saturated rings. The molecule has 6 aromatic carbocycles. The van der Waals surface area contributed by atoms with E-state index in [0.717, 1.165) is 11.4 Å². The first-order chi connectivity index (χ1) is 16.9. The van der Waals surface area contributed by atoms with Gasteiger partial charge >= 0.3 is 0 Å². The van der Waals surface area contributed by atoms with E-state index >= 15 is 0 Å². The summed E-state index contributed by atoms with van der Waals surface area (Å²) >= 11 is 0. The van der Waals surface area contributed by atoms with Crippen LogP contribution in [0.3, 0.4) is 0 Å². The minimum absolute atomic E-state index is 1.16. The Morgan fingerprint density at radius 1 is 0.294 bits per heavy atom. The summed E-state index contributed by atoms with van der Waals surface area (Å²) in [5.41, 5.74) is 7.01. The van der Waals surface area contributed by atoms with E-state index in [-0.39, 0.29) is 0 Å². The third-order valence-electron chi connectivity index (χ3n) is 6.71. The van der Waals surface area contributed by atoms with Crippen molar-refractivity contribution < 1.29 is 0 Å². The summed E-state index contributed by atoms with van der Waals surface area (Å²) in [5, 5.41) is 4.99. The van der Waals surface area contributed by atoms with Crippen molar-refractivity contribution in [3.63, 3.8) is 0 Å². The second-order valence-electron chi connectivity index (χ2n) is 8.71. The Balaban J connectivity index is 1.47. The molecule has 1 aliphatic heterocycles. The molecule has 34 heavy (non-hydrogen) atoms. The van der Waals surface area contributed by atoms with Crippen molar-refractivity contribution in [1.29, 1.82) is 0 Å². The fraction of sp³-hybridized carbons (Fsp3) is 0. The first-order valence-corrected chi connectivity index (χ1v) is 11.6. The molecular weight excluding hydrogens is 412 g/mol. The van der Waals surface area contributed by atoms with Crippen LogP contribution in [-0.4, -0.2) is 0 Å². The molecule has 0 spiro atoms. The van der Waals surface area contributed by atoms with Crippen LogP contribution in [0, 0.1) is 0 Å². The molecule has 0 atom stereocenters. The van der Waals surface area contributed by atoms with Gasteiger partial charge in [0.05, 0.1) is 22.7 Å². The standard InChI is InChI=1S/C32H22N2/c1-3-11-25-21-27(19-17-23(25)9-1)33-29-13-5-7-15-31(29)34(32-16-8-6-14-30(32)33)28-20-18-24-10-2-4-12-26(24)22-28/h1-22H. The Morgan fingerprint density at radius 3 is 1.00 bits per heavy atom. The van der Waals surface area contributed by atoms with Crippen molar-refractivity contribution in [1.82, 2.24) is 0 Å². The SMILES string of the molecule is c1ccc2c(c1)N(c1ccc3ccccc3c1)c1ccccc1N2c1ccc2ccccc2c1. The third kappa shape index (κ3) is 2.89. The lowest BCUT2D eigenvalue weighted by molar-refractivity contribution is 1.17. The van der Waals surface area contributed by atoms with Crippen molar-refractivity contribution in [2.45, 2.75) is 0 Å². The van der Waals surface area contributed by atoms with E-state index < -0.39 is 0 Å². The summed E-state index contributed by atoms with van der Waals surface area (Å²) in [7, 11) is 0. The molecule has 0 aliphatic carbocycles. The van der Waals surface area contributed by atoms with Crippen LogP contribution in [0.15, 0.2) is 133 Å². The van der Waals surface area contributed by atoms with Gasteiger partial charge in [-0.05, 0) is 70.1 Å². The van der Waals surface area contributed by atoms with E-state index in [4.69, 9.17) is 0 Å². The van der Waals surface area contributed by atoms with Crippen LogP contribution in [0.2, 0.25) is 0 Å². The van der Waals surface area contributed by atoms with Crippen LogP contribution in [0.1, 0.15) is 0 Å². The van der Waals surface area contributed by atoms with Gasteiger partial charge in [0, 0.05) is 11.4 Å². The zero-order valence-electron chi connectivity index (χ0n) is 18.6. The van der Waals surface area contributed by atoms with Crippen LogP contribution >= 0.6 is 0 Å². The molecular formula is C32H22N2. The topological polar surface area (TPSA) is 6.48 Å². The zero-order chi connectivity index (χ0) is 22.5. The number of rotatable bonds is 2. The van der Waals surface area contributed by atoms with Crippen molar-refractivity contribution >= 4 is 55.7 Å². The average Bonchev–Trinajstić information content (AvgIpc) is 2.91. The van der Waals surface area contributed by atoms with Crippen molar-refractivity contribution in [3.8, 4) is 0 Å². The molecule has 0 radical (unpaired) electrons. The highest BCUT2D eigenvalue weighted by atomic mass is 15.3. The van der Waals surface area contributed by atoms with E-state index in [0.29, 0.717) is 0 Å². The Bertz CT molecular complexity index is 1510. The largest absolute Gasteiger partial charge is 0.306 e. The average molecular weight is 435 g/mol. The first kappa shape index (κ1) is 19.0. The number of para-hydroxylation sites is 4. The van der Waals surface area contributed by atoms with E-state index in [1.165, 1.54) is 44.3 Å². The summed E-state index contributed by atoms with van der Waals surface area (Å²) < 4.78 is 0. The molecule has 2 heteroatoms. The van der Waals surface area contributed by atoms with Crippen LogP contribution in [0.5, 0.6) is 0 Å². The number of hydrogen-bond donors (Lipinski definition) is 0. The monoisotopic (exact) mass is 434 g/mol. The molecule has 0 unspecified atom stereocenters. The molecule has 6 aromatic rings. The van der Waals surface area contributed by atoms with Gasteiger partial charge in [-0.2, -0.15) is 0 Å². The summed E-state index contributed by atoms with van der Waals surface area (Å²) in [5.74, 6) is 0. The van der Waals surface area contributed by atoms with Gasteiger partial charge in [0.15, 0.2) is 0 Å². The highest BCUT2D eigenvalue weighted by Crippen LogP contribution is 2.54. The van der Waals surface area contributed by atoms with Crippen LogP contribution in [0.4, 0.5) is 34.1 Å². The number of nitrogens with zero attached hydrogens (tertiary/aromatic N) is 2. The number of anilines is 6. The molecule has 0 aromatic heterocycles. The summed E-state index contributed by atoms with van der Waals surface area (Å²) in [4.78, 5) is 4.77. The van der Waals surface area contributed by atoms with Crippen molar-refractivity contribution in [2.24, 2.45) is 0 Å². The predicted molar refractivity (Wildman–Crippen MR) is 144 cm³/mol. The maximum absolute atomic E-state index is 2.38. The second kappa shape index (κ2) is 7.50. The molecule has 2 nitrogen and oxygen atoms in total. The first-order valence-electron chi connectivity index (χ1n) is 11.6. The lowest BCUT2D eigenvalue weighted by atomic mass is 10.0. The van der Waals surface area contributed by atoms with Gasteiger partial charge in [0.1, 0.15) is 0 Å². The van der Waals surface area contributed by atoms with Crippen LogP contribution < -0.4 is 9.80 Å². The molecule has 1 aliphatic rings. The highest BCUT2D eigenvalue weighted by molar-refractivity contribution is 6.03. The molecule has 0 amide bonds. The fourth-order valence-corrected chi connectivity index (χ4v) is 5.13. The van der Waals surface area contributed by atoms with Crippen molar-refractivity contribution in [2.75, 3.05) is 9.80 Å². The maximum Gasteiger partial charge on any atom is 0.0703 e. The molecule has 0 bridgehead atoms. The van der Waals surface area contributed by atoms with Crippen molar-refractivity contribution in [3.05, 3.63) is 133 Å². The Labute approximate surface area is 198 Å².